The van der Waals surface area contributed by atoms with Crippen LogP contribution in [-0.2, 0) is 154 Å². The SMILES string of the molecule is O.[Fe].[Fe].[Fe].[Fe].[Fe].[Fe].[Fe].[Fe].[Fe]. The molecule has 0 saturated carbocycles. The Bertz CT molecular complexity index is 4.69. The van der Waals surface area contributed by atoms with E-state index in [1.165, 1.54) is 0 Å². The van der Waals surface area contributed by atoms with Crippen LogP contribution < -0.4 is 0 Å². The molecule has 0 saturated heterocycles. The fourth-order valence-electron chi connectivity index (χ4n) is 0. The van der Waals surface area contributed by atoms with Crippen molar-refractivity contribution in [1.29, 1.82) is 0 Å². The minimum Gasteiger partial charge on any atom is -0.412 e. The molecule has 0 amide bonds. The van der Waals surface area contributed by atoms with Crippen molar-refractivity contribution in [2.24, 2.45) is 0 Å². The van der Waals surface area contributed by atoms with E-state index >= 15 is 0 Å². The molecule has 0 atom stereocenters. The predicted molar refractivity (Wildman–Crippen MR) is 3.61 cm³/mol. The zero-order valence-electron chi connectivity index (χ0n) is 3.68. The van der Waals surface area contributed by atoms with Gasteiger partial charge in [-0.1, -0.05) is 0 Å². The maximum atomic E-state index is 0. The molecular weight excluding hydrogens is 519 g/mol. The summed E-state index contributed by atoms with van der Waals surface area (Å²) in [4.78, 5) is 0. The van der Waals surface area contributed by atoms with Crippen molar-refractivity contribution in [3.63, 3.8) is 0 Å². The molecule has 0 unspecified atom stereocenters. The van der Waals surface area contributed by atoms with Gasteiger partial charge in [-0.2, -0.15) is 0 Å². The van der Waals surface area contributed by atoms with Crippen LogP contribution in [0.4, 0.5) is 0 Å². The van der Waals surface area contributed by atoms with Gasteiger partial charge < -0.3 is 5.48 Å². The summed E-state index contributed by atoms with van der Waals surface area (Å²) in [7, 11) is 0. The van der Waals surface area contributed by atoms with Crippen molar-refractivity contribution >= 4 is 0 Å². The molecule has 0 aromatic heterocycles. The minimum absolute atomic E-state index is 0. The number of hydrogen-bond acceptors (Lipinski definition) is 0. The third kappa shape index (κ3) is 79.6. The largest absolute Gasteiger partial charge is 0.412 e. The first-order chi connectivity index (χ1) is 0. The first kappa shape index (κ1) is 127. The molecule has 10 heteroatoms. The molecule has 0 radical (unpaired) electrons. The molecule has 1 nitrogen and oxygen atoms in total. The Balaban J connectivity index is 0. The van der Waals surface area contributed by atoms with Gasteiger partial charge in [0, 0.05) is 154 Å². The smallest absolute Gasteiger partial charge is 0 e. The normalized spacial score (nSPS) is 0. The van der Waals surface area contributed by atoms with Gasteiger partial charge in [0.25, 0.3) is 0 Å². The van der Waals surface area contributed by atoms with E-state index in [4.69, 9.17) is 0 Å². The minimum atomic E-state index is 0. The monoisotopic (exact) mass is 521 g/mol. The fraction of sp³-hybridized carbons (Fsp3) is 0. The second-order valence-electron chi connectivity index (χ2n) is 0. The van der Waals surface area contributed by atoms with Gasteiger partial charge in [-0.15, -0.1) is 0 Å². The van der Waals surface area contributed by atoms with Crippen molar-refractivity contribution in [1.82, 2.24) is 0 Å². The van der Waals surface area contributed by atoms with Crippen molar-refractivity contribution in [3.8, 4) is 0 Å². The van der Waals surface area contributed by atoms with Gasteiger partial charge in [0.15, 0.2) is 0 Å². The second kappa shape index (κ2) is 101. The first-order valence-corrected chi connectivity index (χ1v) is 0. The third-order valence-electron chi connectivity index (χ3n) is 0. The zero-order chi connectivity index (χ0) is 0. The maximum Gasteiger partial charge on any atom is 0 e. The molecule has 10 heavy (non-hydrogen) atoms. The average Bonchev–Trinajstić information content (AvgIpc) is 0. The van der Waals surface area contributed by atoms with Gasteiger partial charge in [0.05, 0.1) is 0 Å². The Morgan fingerprint density at radius 3 is 0.200 bits per heavy atom. The summed E-state index contributed by atoms with van der Waals surface area (Å²) in [5, 5.41) is 0. The summed E-state index contributed by atoms with van der Waals surface area (Å²) in [6.45, 7) is 0. The molecule has 0 aliphatic rings. The van der Waals surface area contributed by atoms with E-state index in [0.29, 0.717) is 0 Å². The summed E-state index contributed by atoms with van der Waals surface area (Å²) >= 11 is 0. The van der Waals surface area contributed by atoms with Crippen LogP contribution in [0.5, 0.6) is 0 Å². The van der Waals surface area contributed by atoms with Crippen LogP contribution in [0.3, 0.4) is 0 Å². The van der Waals surface area contributed by atoms with Gasteiger partial charge in [0.1, 0.15) is 0 Å². The van der Waals surface area contributed by atoms with Crippen molar-refractivity contribution in [2.45, 2.75) is 0 Å². The summed E-state index contributed by atoms with van der Waals surface area (Å²) in [6.07, 6.45) is 0. The predicted octanol–water partition coefficient (Wildman–Crippen LogP) is -0.847. The molecule has 0 heterocycles. The van der Waals surface area contributed by atoms with Gasteiger partial charge in [0.2, 0.25) is 0 Å². The van der Waals surface area contributed by atoms with Crippen LogP contribution in [0.1, 0.15) is 0 Å². The van der Waals surface area contributed by atoms with Crippen molar-refractivity contribution < 1.29 is 159 Å². The molecule has 0 aliphatic heterocycles. The maximum absolute atomic E-state index is 0. The molecule has 0 aliphatic carbocycles. The summed E-state index contributed by atoms with van der Waals surface area (Å²) in [5.74, 6) is 0. The van der Waals surface area contributed by atoms with Crippen LogP contribution in [-0.4, -0.2) is 5.48 Å². The van der Waals surface area contributed by atoms with E-state index in [0.717, 1.165) is 0 Å². The summed E-state index contributed by atoms with van der Waals surface area (Å²) in [6, 6.07) is 0. The Hall–Kier alpha value is 4.64. The van der Waals surface area contributed by atoms with E-state index in [9.17, 15) is 0 Å². The first-order valence-electron chi connectivity index (χ1n) is 0. The van der Waals surface area contributed by atoms with E-state index in [2.05, 4.69) is 0 Å². The van der Waals surface area contributed by atoms with E-state index in [1.807, 2.05) is 0 Å². The van der Waals surface area contributed by atoms with Crippen molar-refractivity contribution in [3.05, 3.63) is 0 Å². The van der Waals surface area contributed by atoms with Gasteiger partial charge >= 0.3 is 0 Å². The number of hydrogen-bond donors (Lipinski definition) is 0. The molecule has 80 valence electrons. The van der Waals surface area contributed by atoms with E-state index in [-0.39, 0.29) is 159 Å². The molecule has 0 aromatic rings. The van der Waals surface area contributed by atoms with Crippen LogP contribution in [0, 0.1) is 0 Å². The van der Waals surface area contributed by atoms with Crippen LogP contribution in [0.25, 0.3) is 0 Å². The topological polar surface area (TPSA) is 31.5 Å². The van der Waals surface area contributed by atoms with Crippen LogP contribution in [0.15, 0.2) is 0 Å². The summed E-state index contributed by atoms with van der Waals surface area (Å²) < 4.78 is 0. The van der Waals surface area contributed by atoms with Crippen LogP contribution in [0.2, 0.25) is 0 Å². The average molecular weight is 521 g/mol. The molecule has 0 rings (SSSR count). The fourth-order valence-corrected chi connectivity index (χ4v) is 0. The van der Waals surface area contributed by atoms with Gasteiger partial charge in [-0.25, -0.2) is 0 Å². The molecule has 0 fully saturated rings. The second-order valence-corrected chi connectivity index (χ2v) is 0. The molecular formula is H2Fe9O. The molecule has 0 aromatic carbocycles. The van der Waals surface area contributed by atoms with Crippen LogP contribution >= 0.6 is 0 Å². The summed E-state index contributed by atoms with van der Waals surface area (Å²) in [5.41, 5.74) is 0. The Labute approximate surface area is 156 Å². The Morgan fingerprint density at radius 2 is 0.200 bits per heavy atom. The van der Waals surface area contributed by atoms with Crippen molar-refractivity contribution in [2.75, 3.05) is 0 Å². The van der Waals surface area contributed by atoms with E-state index < -0.39 is 0 Å². The molecule has 2 N–H and O–H groups in total. The zero-order valence-corrected chi connectivity index (χ0v) is 13.6. The van der Waals surface area contributed by atoms with E-state index in [1.54, 1.807) is 0 Å². The van der Waals surface area contributed by atoms with Gasteiger partial charge in [-0.3, -0.25) is 0 Å². The molecule has 0 spiro atoms. The Morgan fingerprint density at radius 1 is 0.200 bits per heavy atom. The Kier molecular flexibility index (Phi) is 1280. The standard InChI is InChI=1S/9Fe.H2O/h;;;;;;;;;1H2. The van der Waals surface area contributed by atoms with Gasteiger partial charge in [-0.05, 0) is 0 Å². The third-order valence-corrected chi connectivity index (χ3v) is 0. The quantitative estimate of drug-likeness (QED) is 0.373. The molecule has 0 bridgehead atoms. The number of rotatable bonds is 0.